The number of urea groups is 1. The van der Waals surface area contributed by atoms with E-state index in [0.29, 0.717) is 0 Å². The van der Waals surface area contributed by atoms with Gasteiger partial charge in [-0.25, -0.2) is 9.59 Å². The van der Waals surface area contributed by atoms with Crippen molar-refractivity contribution in [2.45, 2.75) is 45.7 Å². The van der Waals surface area contributed by atoms with Gasteiger partial charge in [0.25, 0.3) is 0 Å². The molecule has 2 amide bonds. The van der Waals surface area contributed by atoms with Gasteiger partial charge in [0.2, 0.25) is 0 Å². The lowest BCUT2D eigenvalue weighted by Crippen LogP contribution is -2.55. The summed E-state index contributed by atoms with van der Waals surface area (Å²) < 4.78 is 0. The predicted molar refractivity (Wildman–Crippen MR) is 73.1 cm³/mol. The van der Waals surface area contributed by atoms with Crippen molar-refractivity contribution in [3.05, 3.63) is 0 Å². The molecule has 0 saturated carbocycles. The van der Waals surface area contributed by atoms with E-state index in [9.17, 15) is 9.59 Å². The van der Waals surface area contributed by atoms with Crippen LogP contribution in [0.5, 0.6) is 0 Å². The van der Waals surface area contributed by atoms with Crippen LogP contribution in [0, 0.1) is 5.41 Å². The Hall–Kier alpha value is -1.30. The summed E-state index contributed by atoms with van der Waals surface area (Å²) in [5, 5.41) is 14.6. The molecule has 1 fully saturated rings. The number of carboxylic acids is 1. The molecule has 3 N–H and O–H groups in total. The predicted octanol–water partition coefficient (Wildman–Crippen LogP) is 0.879. The van der Waals surface area contributed by atoms with Crippen LogP contribution in [0.15, 0.2) is 0 Å². The van der Waals surface area contributed by atoms with Crippen molar-refractivity contribution in [1.29, 1.82) is 0 Å². The second-order valence-electron chi connectivity index (χ2n) is 6.33. The van der Waals surface area contributed by atoms with E-state index in [1.54, 1.807) is 20.8 Å². The van der Waals surface area contributed by atoms with Gasteiger partial charge in [0.05, 0.1) is 0 Å². The van der Waals surface area contributed by atoms with E-state index in [4.69, 9.17) is 5.11 Å². The average molecular weight is 271 g/mol. The fourth-order valence-electron chi connectivity index (χ4n) is 2.16. The maximum Gasteiger partial charge on any atom is 0.326 e. The second-order valence-corrected chi connectivity index (χ2v) is 6.33. The van der Waals surface area contributed by atoms with Gasteiger partial charge in [-0.05, 0) is 38.4 Å². The number of aliphatic carboxylic acids is 1. The third kappa shape index (κ3) is 5.06. The summed E-state index contributed by atoms with van der Waals surface area (Å²) in [5.41, 5.74) is -0.518. The summed E-state index contributed by atoms with van der Waals surface area (Å²) in [5.74, 6) is -1.01. The second kappa shape index (κ2) is 6.23. The summed E-state index contributed by atoms with van der Waals surface area (Å²) in [6.07, 6.45) is 1.80. The molecular weight excluding hydrogens is 246 g/mol. The minimum Gasteiger partial charge on any atom is -0.480 e. The highest BCUT2D eigenvalue weighted by atomic mass is 16.4. The quantitative estimate of drug-likeness (QED) is 0.711. The Bertz CT molecular complexity index is 331. The Morgan fingerprint density at radius 3 is 2.21 bits per heavy atom. The first-order valence-electron chi connectivity index (χ1n) is 6.68. The first kappa shape index (κ1) is 15.8. The Kier molecular flexibility index (Phi) is 5.17. The summed E-state index contributed by atoms with van der Waals surface area (Å²) >= 11 is 0. The SMILES string of the molecule is CN1CCC(NC(=O)N[C@H](C(=O)O)C(C)(C)C)CC1. The first-order chi connectivity index (χ1) is 8.70. The molecular formula is C13H25N3O3. The molecule has 1 aliphatic rings. The molecule has 1 rings (SSSR count). The number of carbonyl (C=O) groups is 2. The Labute approximate surface area is 114 Å². The van der Waals surface area contributed by atoms with E-state index in [-0.39, 0.29) is 6.04 Å². The van der Waals surface area contributed by atoms with E-state index in [0.717, 1.165) is 25.9 Å². The number of hydrogen-bond acceptors (Lipinski definition) is 3. The van der Waals surface area contributed by atoms with Crippen molar-refractivity contribution in [3.8, 4) is 0 Å². The van der Waals surface area contributed by atoms with Gasteiger partial charge in [-0.15, -0.1) is 0 Å². The molecule has 1 aliphatic heterocycles. The van der Waals surface area contributed by atoms with Crippen molar-refractivity contribution < 1.29 is 14.7 Å². The first-order valence-corrected chi connectivity index (χ1v) is 6.68. The molecule has 6 heteroatoms. The molecule has 0 radical (unpaired) electrons. The minimum atomic E-state index is -1.01. The number of amides is 2. The molecule has 0 aliphatic carbocycles. The van der Waals surface area contributed by atoms with Crippen LogP contribution in [0.1, 0.15) is 33.6 Å². The molecule has 1 saturated heterocycles. The van der Waals surface area contributed by atoms with Crippen LogP contribution in [-0.4, -0.2) is 54.2 Å². The summed E-state index contributed by atoms with van der Waals surface area (Å²) in [4.78, 5) is 25.2. The molecule has 0 aromatic heterocycles. The molecule has 1 heterocycles. The van der Waals surface area contributed by atoms with Crippen LogP contribution < -0.4 is 10.6 Å². The summed E-state index contributed by atoms with van der Waals surface area (Å²) in [6.45, 7) is 7.28. The smallest absolute Gasteiger partial charge is 0.326 e. The summed E-state index contributed by atoms with van der Waals surface area (Å²) in [7, 11) is 2.05. The summed E-state index contributed by atoms with van der Waals surface area (Å²) in [6, 6.07) is -1.15. The lowest BCUT2D eigenvalue weighted by Gasteiger charge is -2.31. The van der Waals surface area contributed by atoms with Gasteiger partial charge >= 0.3 is 12.0 Å². The molecule has 0 aromatic rings. The largest absolute Gasteiger partial charge is 0.480 e. The number of nitrogens with one attached hydrogen (secondary N) is 2. The molecule has 0 bridgehead atoms. The maximum absolute atomic E-state index is 11.9. The van der Waals surface area contributed by atoms with Crippen LogP contribution in [0.2, 0.25) is 0 Å². The van der Waals surface area contributed by atoms with Crippen LogP contribution in [0.3, 0.4) is 0 Å². The van der Waals surface area contributed by atoms with Crippen LogP contribution in [-0.2, 0) is 4.79 Å². The molecule has 6 nitrogen and oxygen atoms in total. The minimum absolute atomic E-state index is 0.130. The maximum atomic E-state index is 11.9. The monoisotopic (exact) mass is 271 g/mol. The average Bonchev–Trinajstić information content (AvgIpc) is 2.27. The van der Waals surface area contributed by atoms with Gasteiger partial charge in [-0.3, -0.25) is 0 Å². The third-order valence-corrected chi connectivity index (χ3v) is 3.44. The molecule has 0 spiro atoms. The number of hydrogen-bond donors (Lipinski definition) is 3. The Balaban J connectivity index is 2.47. The van der Waals surface area contributed by atoms with E-state index < -0.39 is 23.5 Å². The van der Waals surface area contributed by atoms with Crippen LogP contribution in [0.25, 0.3) is 0 Å². The molecule has 0 unspecified atom stereocenters. The lowest BCUT2D eigenvalue weighted by atomic mass is 9.87. The van der Waals surface area contributed by atoms with Crippen molar-refractivity contribution in [2.75, 3.05) is 20.1 Å². The van der Waals surface area contributed by atoms with Crippen molar-refractivity contribution in [1.82, 2.24) is 15.5 Å². The highest BCUT2D eigenvalue weighted by Crippen LogP contribution is 2.19. The molecule has 19 heavy (non-hydrogen) atoms. The molecule has 0 aromatic carbocycles. The Morgan fingerprint density at radius 1 is 1.26 bits per heavy atom. The van der Waals surface area contributed by atoms with Gasteiger partial charge < -0.3 is 20.6 Å². The van der Waals surface area contributed by atoms with Gasteiger partial charge in [0.15, 0.2) is 0 Å². The van der Waals surface area contributed by atoms with E-state index in [2.05, 4.69) is 22.6 Å². The molecule has 110 valence electrons. The van der Waals surface area contributed by atoms with Gasteiger partial charge in [-0.2, -0.15) is 0 Å². The zero-order valence-electron chi connectivity index (χ0n) is 12.2. The highest BCUT2D eigenvalue weighted by Gasteiger charge is 2.33. The zero-order chi connectivity index (χ0) is 14.6. The Morgan fingerprint density at radius 2 is 1.79 bits per heavy atom. The number of likely N-dealkylation sites (tertiary alicyclic amines) is 1. The van der Waals surface area contributed by atoms with E-state index in [1.165, 1.54) is 0 Å². The van der Waals surface area contributed by atoms with Crippen LogP contribution >= 0.6 is 0 Å². The lowest BCUT2D eigenvalue weighted by molar-refractivity contribution is -0.141. The number of piperidine rings is 1. The number of carboxylic acid groups (broad SMARTS) is 1. The van der Waals surface area contributed by atoms with Crippen molar-refractivity contribution in [3.63, 3.8) is 0 Å². The van der Waals surface area contributed by atoms with E-state index in [1.807, 2.05) is 0 Å². The standard InChI is InChI=1S/C13H25N3O3/c1-13(2,3)10(11(17)18)15-12(19)14-9-5-7-16(4)8-6-9/h9-10H,5-8H2,1-4H3,(H,17,18)(H2,14,15,19)/t10-/m1/s1. The van der Waals surface area contributed by atoms with Gasteiger partial charge in [0.1, 0.15) is 6.04 Å². The van der Waals surface area contributed by atoms with E-state index >= 15 is 0 Å². The van der Waals surface area contributed by atoms with Crippen molar-refractivity contribution in [2.24, 2.45) is 5.41 Å². The zero-order valence-corrected chi connectivity index (χ0v) is 12.2. The third-order valence-electron chi connectivity index (χ3n) is 3.44. The highest BCUT2D eigenvalue weighted by molar-refractivity contribution is 5.83. The molecule has 1 atom stereocenters. The normalized spacial score (nSPS) is 19.8. The van der Waals surface area contributed by atoms with Gasteiger partial charge in [0, 0.05) is 6.04 Å². The van der Waals surface area contributed by atoms with Crippen LogP contribution in [0.4, 0.5) is 4.79 Å². The fourth-order valence-corrected chi connectivity index (χ4v) is 2.16. The van der Waals surface area contributed by atoms with Crippen molar-refractivity contribution >= 4 is 12.0 Å². The fraction of sp³-hybridized carbons (Fsp3) is 0.846. The number of rotatable bonds is 3. The topological polar surface area (TPSA) is 81.7 Å². The number of nitrogens with zero attached hydrogens (tertiary/aromatic N) is 1. The number of carbonyl (C=O) groups excluding carboxylic acids is 1. The van der Waals surface area contributed by atoms with Gasteiger partial charge in [-0.1, -0.05) is 20.8 Å².